The Hall–Kier alpha value is -4.37. The van der Waals surface area contributed by atoms with Crippen LogP contribution in [0.4, 0.5) is 11.4 Å². The summed E-state index contributed by atoms with van der Waals surface area (Å²) in [6.45, 7) is 18.7. The lowest BCUT2D eigenvalue weighted by atomic mass is 9.97. The molecule has 1 aliphatic carbocycles. The summed E-state index contributed by atoms with van der Waals surface area (Å²) in [5, 5.41) is 0. The number of allylic oxidation sites excluding steroid dienone is 12. The Morgan fingerprint density at radius 3 is 2.12 bits per heavy atom. The van der Waals surface area contributed by atoms with Gasteiger partial charge in [-0.25, -0.2) is 0 Å². The van der Waals surface area contributed by atoms with Crippen molar-refractivity contribution in [3.8, 4) is 0 Å². The highest BCUT2D eigenvalue weighted by molar-refractivity contribution is 5.75. The summed E-state index contributed by atoms with van der Waals surface area (Å²) in [5.41, 5.74) is 12.2. The van der Waals surface area contributed by atoms with Crippen LogP contribution in [0.25, 0.3) is 0 Å². The van der Waals surface area contributed by atoms with Gasteiger partial charge < -0.3 is 14.6 Å². The molecule has 3 atom stereocenters. The molecular formula is C38H40N2O. The molecule has 0 bridgehead atoms. The molecule has 208 valence electrons. The molecule has 0 radical (unpaired) electrons. The van der Waals surface area contributed by atoms with E-state index in [0.29, 0.717) is 5.92 Å². The second-order valence-corrected chi connectivity index (χ2v) is 11.1. The predicted octanol–water partition coefficient (Wildman–Crippen LogP) is 8.92. The van der Waals surface area contributed by atoms with E-state index < -0.39 is 0 Å². The SMILES string of the molecule is C=CC(C=C)=C1/C(=C/C=C2C(C)c3ccccc3N2C(C)C=C)CC/C1=C\C=C1/Cc2ccccc2N1C(C)C=O. The molecule has 0 saturated heterocycles. The summed E-state index contributed by atoms with van der Waals surface area (Å²) < 4.78 is 0. The third-order valence-electron chi connectivity index (χ3n) is 8.64. The van der Waals surface area contributed by atoms with Gasteiger partial charge in [0, 0.05) is 41.1 Å². The van der Waals surface area contributed by atoms with Crippen LogP contribution in [0.5, 0.6) is 0 Å². The fourth-order valence-corrected chi connectivity index (χ4v) is 6.48. The molecule has 0 spiro atoms. The molecule has 1 saturated carbocycles. The number of carbonyl (C=O) groups is 1. The Morgan fingerprint density at radius 1 is 0.829 bits per heavy atom. The summed E-state index contributed by atoms with van der Waals surface area (Å²) in [4.78, 5) is 16.4. The molecule has 0 amide bonds. The van der Waals surface area contributed by atoms with E-state index in [-0.39, 0.29) is 12.1 Å². The first-order valence-corrected chi connectivity index (χ1v) is 14.6. The van der Waals surface area contributed by atoms with Gasteiger partial charge in [-0.2, -0.15) is 0 Å². The maximum Gasteiger partial charge on any atom is 0.142 e. The highest BCUT2D eigenvalue weighted by atomic mass is 16.1. The zero-order chi connectivity index (χ0) is 29.1. The number of fused-ring (bicyclic) bond motifs is 2. The third-order valence-corrected chi connectivity index (χ3v) is 8.64. The minimum atomic E-state index is -0.223. The molecule has 3 unspecified atom stereocenters. The molecule has 2 heterocycles. The number of rotatable bonds is 8. The van der Waals surface area contributed by atoms with E-state index in [4.69, 9.17) is 0 Å². The minimum absolute atomic E-state index is 0.190. The molecule has 2 aromatic carbocycles. The zero-order valence-electron chi connectivity index (χ0n) is 24.5. The minimum Gasteiger partial charge on any atom is -0.338 e. The molecule has 3 aliphatic rings. The van der Waals surface area contributed by atoms with Crippen molar-refractivity contribution < 1.29 is 4.79 Å². The topological polar surface area (TPSA) is 23.6 Å². The highest BCUT2D eigenvalue weighted by Gasteiger charge is 2.32. The molecule has 3 heteroatoms. The van der Waals surface area contributed by atoms with E-state index in [1.165, 1.54) is 39.2 Å². The molecule has 0 N–H and O–H groups in total. The highest BCUT2D eigenvalue weighted by Crippen LogP contribution is 2.45. The molecule has 2 aliphatic heterocycles. The number of hydrogen-bond acceptors (Lipinski definition) is 3. The standard InChI is InChI=1S/C38H40N2O/c1-7-26(4)40-35(28(6)34-15-11-13-17-37(34)40)23-21-31-19-18-30(38(31)29(8-2)9-3)20-22-33-24-32-14-10-12-16-36(32)39(33)27(5)25-41/h7-17,20-23,25-28H,1-3,18-19,24H2,4-6H3/b30-20+,31-21+,33-22+,35-23?. The molecule has 1 fully saturated rings. The van der Waals surface area contributed by atoms with Crippen molar-refractivity contribution in [2.75, 3.05) is 9.80 Å². The van der Waals surface area contributed by atoms with E-state index in [2.05, 4.69) is 110 Å². The third kappa shape index (κ3) is 5.13. The van der Waals surface area contributed by atoms with Crippen LogP contribution in [0.2, 0.25) is 0 Å². The molecule has 0 aromatic heterocycles. The predicted molar refractivity (Wildman–Crippen MR) is 174 cm³/mol. The van der Waals surface area contributed by atoms with Crippen molar-refractivity contribution in [1.29, 1.82) is 0 Å². The van der Waals surface area contributed by atoms with Crippen LogP contribution in [0.3, 0.4) is 0 Å². The van der Waals surface area contributed by atoms with E-state index in [0.717, 1.165) is 42.5 Å². The normalized spacial score (nSPS) is 23.2. The largest absolute Gasteiger partial charge is 0.338 e. The lowest BCUT2D eigenvalue weighted by molar-refractivity contribution is -0.108. The number of aldehydes is 1. The average Bonchev–Trinajstić information content (AvgIpc) is 3.66. The Morgan fingerprint density at radius 2 is 1.46 bits per heavy atom. The van der Waals surface area contributed by atoms with Crippen molar-refractivity contribution in [3.63, 3.8) is 0 Å². The maximum atomic E-state index is 11.8. The lowest BCUT2D eigenvalue weighted by Gasteiger charge is -2.27. The van der Waals surface area contributed by atoms with Crippen LogP contribution >= 0.6 is 0 Å². The smallest absolute Gasteiger partial charge is 0.142 e. The van der Waals surface area contributed by atoms with Crippen LogP contribution in [-0.2, 0) is 11.2 Å². The first kappa shape index (κ1) is 28.2. The van der Waals surface area contributed by atoms with Crippen molar-refractivity contribution in [1.82, 2.24) is 0 Å². The van der Waals surface area contributed by atoms with Crippen LogP contribution < -0.4 is 9.80 Å². The Bertz CT molecular complexity index is 1540. The van der Waals surface area contributed by atoms with Crippen molar-refractivity contribution in [2.24, 2.45) is 0 Å². The van der Waals surface area contributed by atoms with E-state index in [9.17, 15) is 4.79 Å². The number of anilines is 2. The van der Waals surface area contributed by atoms with Crippen molar-refractivity contribution >= 4 is 17.7 Å². The second-order valence-electron chi connectivity index (χ2n) is 11.1. The zero-order valence-corrected chi connectivity index (χ0v) is 24.5. The molecule has 3 nitrogen and oxygen atoms in total. The summed E-state index contributed by atoms with van der Waals surface area (Å²) in [5.74, 6) is 0.298. The summed E-state index contributed by atoms with van der Waals surface area (Å²) in [6.07, 6.45) is 18.6. The van der Waals surface area contributed by atoms with Crippen LogP contribution in [-0.4, -0.2) is 18.4 Å². The number of benzene rings is 2. The molecule has 2 aromatic rings. The van der Waals surface area contributed by atoms with Crippen molar-refractivity contribution in [3.05, 3.63) is 156 Å². The average molecular weight is 541 g/mol. The molecular weight excluding hydrogens is 500 g/mol. The van der Waals surface area contributed by atoms with Gasteiger partial charge in [0.15, 0.2) is 0 Å². The Balaban J connectivity index is 1.53. The van der Waals surface area contributed by atoms with Gasteiger partial charge in [0.05, 0.1) is 6.04 Å². The van der Waals surface area contributed by atoms with Gasteiger partial charge in [0.1, 0.15) is 6.29 Å². The van der Waals surface area contributed by atoms with E-state index in [1.54, 1.807) is 0 Å². The van der Waals surface area contributed by atoms with Crippen molar-refractivity contribution in [2.45, 2.75) is 58.0 Å². The fourth-order valence-electron chi connectivity index (χ4n) is 6.48. The summed E-state index contributed by atoms with van der Waals surface area (Å²) in [6, 6.07) is 17.0. The number of para-hydroxylation sites is 2. The van der Waals surface area contributed by atoms with Gasteiger partial charge in [-0.15, -0.1) is 6.58 Å². The first-order valence-electron chi connectivity index (χ1n) is 14.6. The van der Waals surface area contributed by atoms with E-state index >= 15 is 0 Å². The number of carbonyl (C=O) groups excluding carboxylic acids is 1. The number of nitrogens with zero attached hydrogens (tertiary/aromatic N) is 2. The van der Waals surface area contributed by atoms with Gasteiger partial charge >= 0.3 is 0 Å². The van der Waals surface area contributed by atoms with Crippen LogP contribution in [0.15, 0.2) is 144 Å². The van der Waals surface area contributed by atoms with Gasteiger partial charge in [0.2, 0.25) is 0 Å². The molecule has 5 rings (SSSR count). The van der Waals surface area contributed by atoms with Gasteiger partial charge in [-0.05, 0) is 84.4 Å². The number of hydrogen-bond donors (Lipinski definition) is 0. The first-order chi connectivity index (χ1) is 19.9. The Kier molecular flexibility index (Phi) is 8.26. The van der Waals surface area contributed by atoms with Gasteiger partial charge in [-0.3, -0.25) is 0 Å². The lowest BCUT2D eigenvalue weighted by Crippen LogP contribution is -2.30. The Labute approximate surface area is 245 Å². The van der Waals surface area contributed by atoms with Gasteiger partial charge in [0.25, 0.3) is 0 Å². The van der Waals surface area contributed by atoms with E-state index in [1.807, 2.05) is 31.2 Å². The summed E-state index contributed by atoms with van der Waals surface area (Å²) >= 11 is 0. The second kappa shape index (κ2) is 12.0. The van der Waals surface area contributed by atoms with Gasteiger partial charge in [-0.1, -0.05) is 86.9 Å². The monoisotopic (exact) mass is 540 g/mol. The summed E-state index contributed by atoms with van der Waals surface area (Å²) in [7, 11) is 0. The van der Waals surface area contributed by atoms with Crippen LogP contribution in [0.1, 0.15) is 50.7 Å². The quantitative estimate of drug-likeness (QED) is 0.247. The molecule has 41 heavy (non-hydrogen) atoms. The fraction of sp³-hybridized carbons (Fsp3) is 0.237. The maximum absolute atomic E-state index is 11.8. The van der Waals surface area contributed by atoms with Crippen LogP contribution in [0, 0.1) is 0 Å².